The molecule has 1 fully saturated rings. The fourth-order valence-corrected chi connectivity index (χ4v) is 5.05. The lowest BCUT2D eigenvalue weighted by molar-refractivity contribution is -0.141. The molecular formula is C31H35N3O4. The van der Waals surface area contributed by atoms with Crippen LogP contribution in [0, 0.1) is 6.92 Å². The van der Waals surface area contributed by atoms with Crippen molar-refractivity contribution in [2.24, 2.45) is 0 Å². The molecule has 38 heavy (non-hydrogen) atoms. The monoisotopic (exact) mass is 513 g/mol. The molecule has 3 amide bonds. The normalized spacial score (nSPS) is 14.4. The van der Waals surface area contributed by atoms with Crippen LogP contribution in [0.1, 0.15) is 46.8 Å². The van der Waals surface area contributed by atoms with E-state index in [2.05, 4.69) is 5.32 Å². The van der Waals surface area contributed by atoms with Gasteiger partial charge < -0.3 is 19.9 Å². The second-order valence-electron chi connectivity index (χ2n) is 9.81. The van der Waals surface area contributed by atoms with Crippen LogP contribution in [-0.2, 0) is 22.7 Å². The number of carbonyl (C=O) groups excluding carboxylic acids is 3. The number of nitrogens with zero attached hydrogens (tertiary/aromatic N) is 2. The minimum atomic E-state index is -1.12. The molecule has 0 spiro atoms. The molecule has 1 aliphatic heterocycles. The largest absolute Gasteiger partial charge is 0.497 e. The summed E-state index contributed by atoms with van der Waals surface area (Å²) < 4.78 is 5.27. The van der Waals surface area contributed by atoms with Crippen molar-refractivity contribution in [2.45, 2.75) is 45.3 Å². The lowest BCUT2D eigenvalue weighted by atomic mass is 9.83. The zero-order chi connectivity index (χ0) is 27.1. The van der Waals surface area contributed by atoms with Crippen LogP contribution in [0.4, 0.5) is 0 Å². The molecular weight excluding hydrogens is 478 g/mol. The summed E-state index contributed by atoms with van der Waals surface area (Å²) in [6.45, 7) is 4.96. The number of rotatable bonds is 8. The van der Waals surface area contributed by atoms with Crippen LogP contribution in [0.15, 0.2) is 78.9 Å². The summed E-state index contributed by atoms with van der Waals surface area (Å²) in [5.74, 6) is 0.172. The molecule has 0 unspecified atom stereocenters. The van der Waals surface area contributed by atoms with Gasteiger partial charge >= 0.3 is 0 Å². The molecule has 198 valence electrons. The number of nitrogens with one attached hydrogen (secondary N) is 1. The number of methoxy groups -OCH3 is 1. The molecule has 0 aliphatic carbocycles. The van der Waals surface area contributed by atoms with Gasteiger partial charge in [-0.2, -0.15) is 0 Å². The van der Waals surface area contributed by atoms with Gasteiger partial charge in [0.2, 0.25) is 11.8 Å². The first-order chi connectivity index (χ1) is 18.3. The van der Waals surface area contributed by atoms with Gasteiger partial charge in [0.25, 0.3) is 5.91 Å². The third-order valence-electron chi connectivity index (χ3n) is 7.28. The van der Waals surface area contributed by atoms with Gasteiger partial charge in [0.05, 0.1) is 7.11 Å². The standard InChI is InChI=1S/C31H35N3O4/c1-23-8-7-11-26(20-23)22-34(29(36)27-12-14-28(38-3)15-13-27)31(16-18-33(19-17-31)24(2)35)30(37)32-21-25-9-5-4-6-10-25/h4-15,20H,16-19,21-22H2,1-3H3,(H,32,37). The second-order valence-corrected chi connectivity index (χ2v) is 9.81. The Labute approximate surface area is 224 Å². The fourth-order valence-electron chi connectivity index (χ4n) is 5.05. The average Bonchev–Trinajstić information content (AvgIpc) is 2.95. The van der Waals surface area contributed by atoms with E-state index in [1.807, 2.05) is 61.5 Å². The van der Waals surface area contributed by atoms with Gasteiger partial charge in [0.15, 0.2) is 0 Å². The molecule has 1 heterocycles. The lowest BCUT2D eigenvalue weighted by Crippen LogP contribution is -2.64. The Morgan fingerprint density at radius 1 is 0.921 bits per heavy atom. The highest BCUT2D eigenvalue weighted by Crippen LogP contribution is 2.33. The minimum absolute atomic E-state index is 0.0324. The molecule has 0 radical (unpaired) electrons. The number of benzene rings is 3. The van der Waals surface area contributed by atoms with Crippen molar-refractivity contribution in [3.63, 3.8) is 0 Å². The first-order valence-corrected chi connectivity index (χ1v) is 12.9. The van der Waals surface area contributed by atoms with E-state index in [0.717, 1.165) is 16.7 Å². The maximum absolute atomic E-state index is 14.2. The van der Waals surface area contributed by atoms with Crippen LogP contribution >= 0.6 is 0 Å². The van der Waals surface area contributed by atoms with Crippen LogP contribution in [0.3, 0.4) is 0 Å². The quantitative estimate of drug-likeness (QED) is 0.486. The molecule has 1 saturated heterocycles. The summed E-state index contributed by atoms with van der Waals surface area (Å²) in [6.07, 6.45) is 0.696. The van der Waals surface area contributed by atoms with E-state index in [1.54, 1.807) is 41.2 Å². The highest BCUT2D eigenvalue weighted by molar-refractivity contribution is 5.99. The maximum Gasteiger partial charge on any atom is 0.255 e. The number of hydrogen-bond acceptors (Lipinski definition) is 4. The predicted molar refractivity (Wildman–Crippen MR) is 147 cm³/mol. The number of amides is 3. The Morgan fingerprint density at radius 2 is 1.58 bits per heavy atom. The highest BCUT2D eigenvalue weighted by atomic mass is 16.5. The second kappa shape index (κ2) is 11.9. The molecule has 0 saturated carbocycles. The Hall–Kier alpha value is -4.13. The van der Waals surface area contributed by atoms with E-state index in [9.17, 15) is 14.4 Å². The van der Waals surface area contributed by atoms with Crippen LogP contribution in [0.5, 0.6) is 5.75 Å². The highest BCUT2D eigenvalue weighted by Gasteiger charge is 2.48. The van der Waals surface area contributed by atoms with E-state index < -0.39 is 5.54 Å². The molecule has 3 aromatic rings. The number of likely N-dealkylation sites (tertiary alicyclic amines) is 1. The van der Waals surface area contributed by atoms with Gasteiger partial charge in [-0.3, -0.25) is 14.4 Å². The molecule has 0 aromatic heterocycles. The Kier molecular flexibility index (Phi) is 8.46. The Balaban J connectivity index is 1.73. The molecule has 0 bridgehead atoms. The topological polar surface area (TPSA) is 79.0 Å². The third-order valence-corrected chi connectivity index (χ3v) is 7.28. The van der Waals surface area contributed by atoms with Crippen molar-refractivity contribution < 1.29 is 19.1 Å². The van der Waals surface area contributed by atoms with E-state index in [1.165, 1.54) is 6.92 Å². The third kappa shape index (κ3) is 6.05. The van der Waals surface area contributed by atoms with Crippen molar-refractivity contribution in [1.82, 2.24) is 15.1 Å². The first-order valence-electron chi connectivity index (χ1n) is 12.9. The number of ether oxygens (including phenoxy) is 1. The van der Waals surface area contributed by atoms with Crippen molar-refractivity contribution >= 4 is 17.7 Å². The zero-order valence-electron chi connectivity index (χ0n) is 22.3. The summed E-state index contributed by atoms with van der Waals surface area (Å²) >= 11 is 0. The van der Waals surface area contributed by atoms with Crippen molar-refractivity contribution in [3.8, 4) is 5.75 Å². The number of piperidine rings is 1. The molecule has 4 rings (SSSR count). The van der Waals surface area contributed by atoms with Gasteiger partial charge in [-0.25, -0.2) is 0 Å². The van der Waals surface area contributed by atoms with Crippen LogP contribution < -0.4 is 10.1 Å². The van der Waals surface area contributed by atoms with Crippen molar-refractivity contribution in [3.05, 3.63) is 101 Å². The molecule has 0 atom stereocenters. The molecule has 1 aliphatic rings. The summed E-state index contributed by atoms with van der Waals surface area (Å²) in [4.78, 5) is 43.8. The van der Waals surface area contributed by atoms with Gasteiger partial charge in [-0.05, 0) is 55.2 Å². The molecule has 1 N–H and O–H groups in total. The van der Waals surface area contributed by atoms with Gasteiger partial charge in [-0.15, -0.1) is 0 Å². The van der Waals surface area contributed by atoms with Crippen LogP contribution in [-0.4, -0.2) is 53.3 Å². The Bertz CT molecular complexity index is 1270. The zero-order valence-corrected chi connectivity index (χ0v) is 22.3. The van der Waals surface area contributed by atoms with Crippen LogP contribution in [0.25, 0.3) is 0 Å². The molecule has 7 heteroatoms. The maximum atomic E-state index is 14.2. The minimum Gasteiger partial charge on any atom is -0.497 e. The molecule has 3 aromatic carbocycles. The van der Waals surface area contributed by atoms with E-state index in [-0.39, 0.29) is 24.3 Å². The summed E-state index contributed by atoms with van der Waals surface area (Å²) in [5.41, 5.74) is 2.34. The summed E-state index contributed by atoms with van der Waals surface area (Å²) in [5, 5.41) is 3.10. The first kappa shape index (κ1) is 26.9. The summed E-state index contributed by atoms with van der Waals surface area (Å²) in [6, 6.07) is 24.6. The van der Waals surface area contributed by atoms with Gasteiger partial charge in [0.1, 0.15) is 11.3 Å². The average molecular weight is 514 g/mol. The summed E-state index contributed by atoms with van der Waals surface area (Å²) in [7, 11) is 1.58. The Morgan fingerprint density at radius 3 is 2.18 bits per heavy atom. The number of aryl methyl sites for hydroxylation is 1. The van der Waals surface area contributed by atoms with E-state index in [4.69, 9.17) is 4.74 Å². The smallest absolute Gasteiger partial charge is 0.255 e. The van der Waals surface area contributed by atoms with Crippen LogP contribution in [0.2, 0.25) is 0 Å². The van der Waals surface area contributed by atoms with Crippen molar-refractivity contribution in [2.75, 3.05) is 20.2 Å². The van der Waals surface area contributed by atoms with E-state index in [0.29, 0.717) is 43.8 Å². The van der Waals surface area contributed by atoms with Crippen molar-refractivity contribution in [1.29, 1.82) is 0 Å². The number of carbonyl (C=O) groups is 3. The van der Waals surface area contributed by atoms with E-state index >= 15 is 0 Å². The number of hydrogen-bond donors (Lipinski definition) is 1. The molecule has 7 nitrogen and oxygen atoms in total. The van der Waals surface area contributed by atoms with Gasteiger partial charge in [-0.1, -0.05) is 60.2 Å². The SMILES string of the molecule is COc1ccc(C(=O)N(Cc2cccc(C)c2)C2(C(=O)NCc3ccccc3)CCN(C(C)=O)CC2)cc1. The lowest BCUT2D eigenvalue weighted by Gasteiger charge is -2.47. The fraction of sp³-hybridized carbons (Fsp3) is 0.323. The predicted octanol–water partition coefficient (Wildman–Crippen LogP) is 4.34. The van der Waals surface area contributed by atoms with Gasteiger partial charge in [0, 0.05) is 38.7 Å².